The lowest BCUT2D eigenvalue weighted by Crippen LogP contribution is -2.40. The third-order valence-electron chi connectivity index (χ3n) is 4.53. The van der Waals surface area contributed by atoms with Gasteiger partial charge in [-0.05, 0) is 43.3 Å². The first-order valence-electron chi connectivity index (χ1n) is 9.08. The molecular formula is C20H19F2NO6S. The van der Waals surface area contributed by atoms with Crippen LogP contribution in [0.25, 0.3) is 0 Å². The van der Waals surface area contributed by atoms with Crippen molar-refractivity contribution in [3.8, 4) is 0 Å². The summed E-state index contributed by atoms with van der Waals surface area (Å²) in [5, 5.41) is 0. The summed E-state index contributed by atoms with van der Waals surface area (Å²) in [6.45, 7) is 2.26. The number of hydrogen-bond acceptors (Lipinski definition) is 6. The van der Waals surface area contributed by atoms with Crippen LogP contribution in [-0.4, -0.2) is 56.9 Å². The van der Waals surface area contributed by atoms with Crippen LogP contribution in [0, 0.1) is 11.6 Å². The summed E-state index contributed by atoms with van der Waals surface area (Å²) in [4.78, 5) is 24.7. The highest BCUT2D eigenvalue weighted by Crippen LogP contribution is 2.20. The zero-order valence-corrected chi connectivity index (χ0v) is 16.8. The molecule has 2 aromatic carbocycles. The van der Waals surface area contributed by atoms with Crippen LogP contribution in [0.2, 0.25) is 0 Å². The van der Waals surface area contributed by atoms with Crippen LogP contribution in [-0.2, 0) is 19.5 Å². The van der Waals surface area contributed by atoms with Crippen molar-refractivity contribution in [3.05, 3.63) is 65.2 Å². The Kier molecular flexibility index (Phi) is 6.59. The highest BCUT2D eigenvalue weighted by Gasteiger charge is 2.28. The van der Waals surface area contributed by atoms with Gasteiger partial charge in [0.1, 0.15) is 0 Å². The van der Waals surface area contributed by atoms with E-state index in [-0.39, 0.29) is 42.3 Å². The van der Waals surface area contributed by atoms with Crippen molar-refractivity contribution in [2.45, 2.75) is 17.9 Å². The van der Waals surface area contributed by atoms with E-state index < -0.39 is 39.5 Å². The van der Waals surface area contributed by atoms with Gasteiger partial charge in [0.2, 0.25) is 15.8 Å². The van der Waals surface area contributed by atoms with Crippen LogP contribution in [0.1, 0.15) is 27.6 Å². The van der Waals surface area contributed by atoms with Gasteiger partial charge in [-0.2, -0.15) is 4.31 Å². The molecule has 0 aliphatic carbocycles. The Balaban J connectivity index is 1.74. The predicted octanol–water partition coefficient (Wildman–Crippen LogP) is 2.41. The van der Waals surface area contributed by atoms with Crippen molar-refractivity contribution in [1.29, 1.82) is 0 Å². The summed E-state index contributed by atoms with van der Waals surface area (Å²) in [6.07, 6.45) is -1.29. The molecule has 160 valence electrons. The minimum atomic E-state index is -3.81. The first-order chi connectivity index (χ1) is 14.2. The number of nitrogens with zero attached hydrogens (tertiary/aromatic N) is 1. The van der Waals surface area contributed by atoms with E-state index in [1.807, 2.05) is 0 Å². The molecule has 1 atom stereocenters. The molecule has 0 aromatic heterocycles. The second-order valence-corrected chi connectivity index (χ2v) is 8.52. The Labute approximate surface area is 172 Å². The fraction of sp³-hybridized carbons (Fsp3) is 0.300. The lowest BCUT2D eigenvalue weighted by molar-refractivity contribution is 0.0318. The van der Waals surface area contributed by atoms with E-state index in [4.69, 9.17) is 9.47 Å². The Morgan fingerprint density at radius 3 is 2.40 bits per heavy atom. The fourth-order valence-electron chi connectivity index (χ4n) is 2.89. The molecule has 0 spiro atoms. The number of carbonyl (C=O) groups excluding carboxylic acids is 2. The number of sulfonamides is 1. The molecule has 1 aliphatic heterocycles. The van der Waals surface area contributed by atoms with Crippen molar-refractivity contribution in [2.24, 2.45) is 0 Å². The molecular weight excluding hydrogens is 420 g/mol. The van der Waals surface area contributed by atoms with Crippen molar-refractivity contribution < 1.29 is 36.3 Å². The van der Waals surface area contributed by atoms with Crippen LogP contribution in [0.5, 0.6) is 0 Å². The number of Topliss-reactive ketones (excluding diaryl/α,β-unsaturated/α-hetero) is 1. The summed E-state index contributed by atoms with van der Waals surface area (Å²) < 4.78 is 63.4. The van der Waals surface area contributed by atoms with Gasteiger partial charge in [0.25, 0.3) is 0 Å². The number of ketones is 1. The minimum absolute atomic E-state index is 0.0609. The van der Waals surface area contributed by atoms with Crippen LogP contribution < -0.4 is 0 Å². The molecule has 7 nitrogen and oxygen atoms in total. The van der Waals surface area contributed by atoms with E-state index >= 15 is 0 Å². The number of benzene rings is 2. The molecule has 1 saturated heterocycles. The maximum Gasteiger partial charge on any atom is 0.338 e. The lowest BCUT2D eigenvalue weighted by Gasteiger charge is -2.26. The van der Waals surface area contributed by atoms with E-state index in [0.717, 1.165) is 18.2 Å². The van der Waals surface area contributed by atoms with Gasteiger partial charge in [-0.25, -0.2) is 22.0 Å². The van der Waals surface area contributed by atoms with Gasteiger partial charge in [-0.3, -0.25) is 4.79 Å². The SMILES string of the molecule is CC(OC(=O)c1cccc(S(=O)(=O)N2CCOCC2)c1)C(=O)c1ccc(F)c(F)c1. The third kappa shape index (κ3) is 4.72. The number of ether oxygens (including phenoxy) is 2. The highest BCUT2D eigenvalue weighted by molar-refractivity contribution is 7.89. The normalized spacial score (nSPS) is 16.1. The zero-order valence-electron chi connectivity index (χ0n) is 16.0. The van der Waals surface area contributed by atoms with Gasteiger partial charge in [-0.1, -0.05) is 6.07 Å². The molecule has 2 aromatic rings. The lowest BCUT2D eigenvalue weighted by atomic mass is 10.1. The fourth-order valence-corrected chi connectivity index (χ4v) is 4.34. The first-order valence-corrected chi connectivity index (χ1v) is 10.5. The van der Waals surface area contributed by atoms with Crippen LogP contribution in [0.3, 0.4) is 0 Å². The molecule has 1 unspecified atom stereocenters. The van der Waals surface area contributed by atoms with Crippen molar-refractivity contribution >= 4 is 21.8 Å². The summed E-state index contributed by atoms with van der Waals surface area (Å²) in [7, 11) is -3.81. The number of esters is 1. The number of hydrogen-bond donors (Lipinski definition) is 0. The standard InChI is InChI=1S/C20H19F2NO6S/c1-13(19(24)14-5-6-17(21)18(22)12-14)29-20(25)15-3-2-4-16(11-15)30(26,27)23-7-9-28-10-8-23/h2-6,11-13H,7-10H2,1H3. The van der Waals surface area contributed by atoms with E-state index in [2.05, 4.69) is 0 Å². The van der Waals surface area contributed by atoms with Gasteiger partial charge < -0.3 is 9.47 Å². The molecule has 0 radical (unpaired) electrons. The van der Waals surface area contributed by atoms with Crippen molar-refractivity contribution in [3.63, 3.8) is 0 Å². The molecule has 30 heavy (non-hydrogen) atoms. The topological polar surface area (TPSA) is 90.0 Å². The summed E-state index contributed by atoms with van der Waals surface area (Å²) in [5.74, 6) is -3.94. The van der Waals surface area contributed by atoms with Crippen LogP contribution in [0.15, 0.2) is 47.4 Å². The third-order valence-corrected chi connectivity index (χ3v) is 6.43. The quantitative estimate of drug-likeness (QED) is 0.507. The Morgan fingerprint density at radius 2 is 1.73 bits per heavy atom. The molecule has 0 saturated carbocycles. The van der Waals surface area contributed by atoms with Gasteiger partial charge in [0.05, 0.1) is 23.7 Å². The van der Waals surface area contributed by atoms with Gasteiger partial charge >= 0.3 is 5.97 Å². The number of rotatable bonds is 6. The second kappa shape index (κ2) is 8.99. The van der Waals surface area contributed by atoms with Gasteiger partial charge in [-0.15, -0.1) is 0 Å². The summed E-state index contributed by atoms with van der Waals surface area (Å²) >= 11 is 0. The van der Waals surface area contributed by atoms with E-state index in [1.165, 1.54) is 35.5 Å². The van der Waals surface area contributed by atoms with E-state index in [0.29, 0.717) is 0 Å². The highest BCUT2D eigenvalue weighted by atomic mass is 32.2. The molecule has 0 N–H and O–H groups in total. The Hall–Kier alpha value is -2.69. The van der Waals surface area contributed by atoms with Crippen molar-refractivity contribution in [2.75, 3.05) is 26.3 Å². The molecule has 1 aliphatic rings. The number of carbonyl (C=O) groups is 2. The van der Waals surface area contributed by atoms with Crippen LogP contribution >= 0.6 is 0 Å². The van der Waals surface area contributed by atoms with Crippen molar-refractivity contribution in [1.82, 2.24) is 4.31 Å². The molecule has 0 bridgehead atoms. The molecule has 1 fully saturated rings. The smallest absolute Gasteiger partial charge is 0.338 e. The number of morpholine rings is 1. The molecule has 0 amide bonds. The van der Waals surface area contributed by atoms with Gasteiger partial charge in [0.15, 0.2) is 17.7 Å². The Morgan fingerprint density at radius 1 is 1.03 bits per heavy atom. The summed E-state index contributed by atoms with van der Waals surface area (Å²) in [5.41, 5.74) is -0.216. The summed E-state index contributed by atoms with van der Waals surface area (Å²) in [6, 6.07) is 7.88. The average molecular weight is 439 g/mol. The maximum atomic E-state index is 13.3. The average Bonchev–Trinajstić information content (AvgIpc) is 2.75. The Bertz CT molecular complexity index is 1070. The van der Waals surface area contributed by atoms with E-state index in [1.54, 1.807) is 0 Å². The van der Waals surface area contributed by atoms with E-state index in [9.17, 15) is 26.8 Å². The maximum absolute atomic E-state index is 13.3. The largest absolute Gasteiger partial charge is 0.451 e. The molecule has 1 heterocycles. The monoisotopic (exact) mass is 439 g/mol. The zero-order chi connectivity index (χ0) is 21.9. The number of halogens is 2. The minimum Gasteiger partial charge on any atom is -0.451 e. The van der Waals surface area contributed by atoms with Crippen LogP contribution in [0.4, 0.5) is 8.78 Å². The van der Waals surface area contributed by atoms with Gasteiger partial charge in [0, 0.05) is 18.7 Å². The second-order valence-electron chi connectivity index (χ2n) is 6.58. The first kappa shape index (κ1) is 22.0. The predicted molar refractivity (Wildman–Crippen MR) is 102 cm³/mol. The molecule has 3 rings (SSSR count). The molecule has 10 heteroatoms.